The van der Waals surface area contributed by atoms with E-state index in [1.165, 1.54) is 0 Å². The van der Waals surface area contributed by atoms with E-state index < -0.39 is 6.10 Å². The third-order valence-corrected chi connectivity index (χ3v) is 4.01. The normalized spacial score (nSPS) is 18.0. The van der Waals surface area contributed by atoms with Gasteiger partial charge in [-0.3, -0.25) is 0 Å². The first kappa shape index (κ1) is 14.2. The molecule has 1 aliphatic rings. The Hall–Kier alpha value is -1.71. The zero-order chi connectivity index (χ0) is 14.8. The Balaban J connectivity index is 1.73. The van der Waals surface area contributed by atoms with Crippen LogP contribution in [-0.4, -0.2) is 24.4 Å². The number of ether oxygens (including phenoxy) is 2. The number of hydrogen-bond acceptors (Lipinski definition) is 3. The molecule has 2 unspecified atom stereocenters. The number of rotatable bonds is 4. The van der Waals surface area contributed by atoms with Gasteiger partial charge in [-0.15, -0.1) is 0 Å². The van der Waals surface area contributed by atoms with Crippen molar-refractivity contribution in [2.24, 2.45) is 0 Å². The molecule has 0 spiro atoms. The second-order valence-electron chi connectivity index (χ2n) is 5.20. The van der Waals surface area contributed by atoms with Gasteiger partial charge in [-0.1, -0.05) is 29.8 Å². The van der Waals surface area contributed by atoms with Gasteiger partial charge in [-0.05, 0) is 35.4 Å². The smallest absolute Gasteiger partial charge is 0.129 e. The molecule has 0 aromatic heterocycles. The van der Waals surface area contributed by atoms with Crippen molar-refractivity contribution >= 4 is 11.6 Å². The first-order chi connectivity index (χ1) is 10.2. The summed E-state index contributed by atoms with van der Waals surface area (Å²) in [6, 6.07) is 13.3. The lowest BCUT2D eigenvalue weighted by molar-refractivity contribution is 0.0499. The standard InChI is InChI=1S/C17H17ClO3/c1-20-15-7-6-13(18)8-12(15)9-14(19)17-10-11-4-2-3-5-16(11)21-17/h2-8,14,17,19H,9-10H2,1H3. The van der Waals surface area contributed by atoms with Crippen LogP contribution in [0.3, 0.4) is 0 Å². The SMILES string of the molecule is COc1ccc(Cl)cc1CC(O)C1Cc2ccccc2O1. The molecular formula is C17H17ClO3. The molecule has 0 saturated carbocycles. The molecule has 0 fully saturated rings. The van der Waals surface area contributed by atoms with Crippen LogP contribution in [0.25, 0.3) is 0 Å². The Morgan fingerprint density at radius 1 is 1.33 bits per heavy atom. The van der Waals surface area contributed by atoms with Crippen LogP contribution in [0, 0.1) is 0 Å². The lowest BCUT2D eigenvalue weighted by Gasteiger charge is -2.19. The Morgan fingerprint density at radius 2 is 2.14 bits per heavy atom. The zero-order valence-electron chi connectivity index (χ0n) is 11.8. The van der Waals surface area contributed by atoms with E-state index >= 15 is 0 Å². The fraction of sp³-hybridized carbons (Fsp3) is 0.294. The van der Waals surface area contributed by atoms with Gasteiger partial charge in [0.05, 0.1) is 13.2 Å². The number of para-hydroxylation sites is 1. The van der Waals surface area contributed by atoms with Gasteiger partial charge in [0.25, 0.3) is 0 Å². The average molecular weight is 305 g/mol. The van der Waals surface area contributed by atoms with E-state index in [-0.39, 0.29) is 6.10 Å². The number of benzene rings is 2. The van der Waals surface area contributed by atoms with Crippen LogP contribution in [0.1, 0.15) is 11.1 Å². The minimum absolute atomic E-state index is 0.230. The third-order valence-electron chi connectivity index (χ3n) is 3.77. The van der Waals surface area contributed by atoms with Crippen molar-refractivity contribution in [1.82, 2.24) is 0 Å². The summed E-state index contributed by atoms with van der Waals surface area (Å²) in [5.41, 5.74) is 2.02. The molecule has 1 aliphatic heterocycles. The molecule has 0 aliphatic carbocycles. The maximum absolute atomic E-state index is 10.5. The molecule has 21 heavy (non-hydrogen) atoms. The Kier molecular flexibility index (Phi) is 4.04. The van der Waals surface area contributed by atoms with Crippen LogP contribution in [-0.2, 0) is 12.8 Å². The van der Waals surface area contributed by atoms with Gasteiger partial charge < -0.3 is 14.6 Å². The molecule has 0 saturated heterocycles. The second kappa shape index (κ2) is 5.96. The molecule has 4 heteroatoms. The Morgan fingerprint density at radius 3 is 2.90 bits per heavy atom. The van der Waals surface area contributed by atoms with Gasteiger partial charge in [-0.25, -0.2) is 0 Å². The van der Waals surface area contributed by atoms with Crippen molar-refractivity contribution < 1.29 is 14.6 Å². The highest BCUT2D eigenvalue weighted by molar-refractivity contribution is 6.30. The predicted octanol–water partition coefficient (Wildman–Crippen LogP) is 3.26. The van der Waals surface area contributed by atoms with Crippen LogP contribution in [0.15, 0.2) is 42.5 Å². The van der Waals surface area contributed by atoms with E-state index in [0.717, 1.165) is 29.0 Å². The van der Waals surface area contributed by atoms with Gasteiger partial charge in [0, 0.05) is 17.9 Å². The van der Waals surface area contributed by atoms with Crippen molar-refractivity contribution in [3.8, 4) is 11.5 Å². The van der Waals surface area contributed by atoms with Gasteiger partial charge in [0.1, 0.15) is 17.6 Å². The fourth-order valence-electron chi connectivity index (χ4n) is 2.69. The number of halogens is 1. The first-order valence-corrected chi connectivity index (χ1v) is 7.30. The highest BCUT2D eigenvalue weighted by atomic mass is 35.5. The number of hydrogen-bond donors (Lipinski definition) is 1. The molecule has 1 heterocycles. The molecule has 3 nitrogen and oxygen atoms in total. The third kappa shape index (κ3) is 2.99. The minimum Gasteiger partial charge on any atom is -0.496 e. The summed E-state index contributed by atoms with van der Waals surface area (Å²) in [5, 5.41) is 11.1. The second-order valence-corrected chi connectivity index (χ2v) is 5.63. The number of aliphatic hydroxyl groups is 1. The van der Waals surface area contributed by atoms with Gasteiger partial charge in [0.2, 0.25) is 0 Å². The molecule has 0 bridgehead atoms. The molecule has 0 amide bonds. The lowest BCUT2D eigenvalue weighted by atomic mass is 10.00. The maximum atomic E-state index is 10.5. The lowest BCUT2D eigenvalue weighted by Crippen LogP contribution is -2.32. The molecule has 2 atom stereocenters. The van der Waals surface area contributed by atoms with E-state index in [1.807, 2.05) is 36.4 Å². The Labute approximate surface area is 129 Å². The molecule has 2 aromatic rings. The van der Waals surface area contributed by atoms with Crippen LogP contribution < -0.4 is 9.47 Å². The van der Waals surface area contributed by atoms with Crippen LogP contribution in [0.2, 0.25) is 5.02 Å². The minimum atomic E-state index is -0.607. The molecule has 1 N–H and O–H groups in total. The quantitative estimate of drug-likeness (QED) is 0.942. The molecular weight excluding hydrogens is 288 g/mol. The average Bonchev–Trinajstić information content (AvgIpc) is 2.91. The van der Waals surface area contributed by atoms with E-state index in [0.29, 0.717) is 11.4 Å². The fourth-order valence-corrected chi connectivity index (χ4v) is 2.88. The van der Waals surface area contributed by atoms with E-state index in [9.17, 15) is 5.11 Å². The highest BCUT2D eigenvalue weighted by Gasteiger charge is 2.29. The Bertz CT molecular complexity index is 617. The predicted molar refractivity (Wildman–Crippen MR) is 82.3 cm³/mol. The van der Waals surface area contributed by atoms with Crippen molar-refractivity contribution in [1.29, 1.82) is 0 Å². The molecule has 110 valence electrons. The van der Waals surface area contributed by atoms with Crippen molar-refractivity contribution in [2.45, 2.75) is 25.0 Å². The maximum Gasteiger partial charge on any atom is 0.129 e. The van der Waals surface area contributed by atoms with E-state index in [2.05, 4.69) is 0 Å². The van der Waals surface area contributed by atoms with Crippen molar-refractivity contribution in [2.75, 3.05) is 7.11 Å². The van der Waals surface area contributed by atoms with Crippen LogP contribution in [0.4, 0.5) is 0 Å². The van der Waals surface area contributed by atoms with Crippen molar-refractivity contribution in [3.05, 3.63) is 58.6 Å². The van der Waals surface area contributed by atoms with Gasteiger partial charge >= 0.3 is 0 Å². The van der Waals surface area contributed by atoms with Gasteiger partial charge in [0.15, 0.2) is 0 Å². The van der Waals surface area contributed by atoms with Crippen molar-refractivity contribution in [3.63, 3.8) is 0 Å². The molecule has 2 aromatic carbocycles. The summed E-state index contributed by atoms with van der Waals surface area (Å²) < 4.78 is 11.1. The topological polar surface area (TPSA) is 38.7 Å². The number of aliphatic hydroxyl groups excluding tert-OH is 1. The summed E-state index contributed by atoms with van der Waals surface area (Å²) in [5.74, 6) is 1.59. The summed E-state index contributed by atoms with van der Waals surface area (Å²) in [7, 11) is 1.61. The highest BCUT2D eigenvalue weighted by Crippen LogP contribution is 2.31. The molecule has 0 radical (unpaired) electrons. The summed E-state index contributed by atoms with van der Waals surface area (Å²) in [4.78, 5) is 0. The summed E-state index contributed by atoms with van der Waals surface area (Å²) in [6.45, 7) is 0. The monoisotopic (exact) mass is 304 g/mol. The summed E-state index contributed by atoms with van der Waals surface area (Å²) in [6.07, 6.45) is 0.332. The first-order valence-electron chi connectivity index (χ1n) is 6.92. The molecule has 3 rings (SSSR count). The van der Waals surface area contributed by atoms with E-state index in [4.69, 9.17) is 21.1 Å². The van der Waals surface area contributed by atoms with E-state index in [1.54, 1.807) is 13.2 Å². The summed E-state index contributed by atoms with van der Waals surface area (Å²) >= 11 is 6.02. The number of fused-ring (bicyclic) bond motifs is 1. The van der Waals surface area contributed by atoms with Crippen LogP contribution in [0.5, 0.6) is 11.5 Å². The van der Waals surface area contributed by atoms with Crippen LogP contribution >= 0.6 is 11.6 Å². The zero-order valence-corrected chi connectivity index (χ0v) is 12.5. The largest absolute Gasteiger partial charge is 0.496 e. The number of methoxy groups -OCH3 is 1. The van der Waals surface area contributed by atoms with Gasteiger partial charge in [-0.2, -0.15) is 0 Å².